The molecular weight excluding hydrogens is 268 g/mol. The van der Waals surface area contributed by atoms with Crippen molar-refractivity contribution < 1.29 is 19.1 Å². The third kappa shape index (κ3) is 2.90. The van der Waals surface area contributed by atoms with Crippen molar-refractivity contribution in [3.8, 4) is 5.75 Å². The van der Waals surface area contributed by atoms with Crippen molar-refractivity contribution in [3.05, 3.63) is 51.9 Å². The number of carboxylic acids is 1. The van der Waals surface area contributed by atoms with Gasteiger partial charge in [-0.05, 0) is 43.2 Å². The van der Waals surface area contributed by atoms with E-state index in [1.807, 2.05) is 26.0 Å². The van der Waals surface area contributed by atoms with Gasteiger partial charge in [-0.1, -0.05) is 11.6 Å². The van der Waals surface area contributed by atoms with Crippen molar-refractivity contribution in [2.24, 2.45) is 0 Å². The number of benzene rings is 1. The molecule has 2 aromatic rings. The van der Waals surface area contributed by atoms with Gasteiger partial charge in [0.1, 0.15) is 12.4 Å². The second-order valence-corrected chi connectivity index (χ2v) is 4.62. The molecule has 0 spiro atoms. The summed E-state index contributed by atoms with van der Waals surface area (Å²) in [6.45, 7) is 3.92. The second-order valence-electron chi connectivity index (χ2n) is 4.24. The Morgan fingerprint density at radius 2 is 2.00 bits per heavy atom. The van der Waals surface area contributed by atoms with Gasteiger partial charge in [0.25, 0.3) is 0 Å². The van der Waals surface area contributed by atoms with Gasteiger partial charge in [0.2, 0.25) is 5.76 Å². The summed E-state index contributed by atoms with van der Waals surface area (Å²) in [5.74, 6) is -0.550. The van der Waals surface area contributed by atoms with Crippen LogP contribution in [0.4, 0.5) is 0 Å². The highest BCUT2D eigenvalue weighted by molar-refractivity contribution is 6.32. The molecule has 1 aromatic carbocycles. The zero-order chi connectivity index (χ0) is 14.0. The predicted molar refractivity (Wildman–Crippen MR) is 70.9 cm³/mol. The van der Waals surface area contributed by atoms with Gasteiger partial charge in [0.05, 0.1) is 6.26 Å². The minimum atomic E-state index is -1.10. The number of aryl methyl sites for hydroxylation is 2. The molecule has 0 radical (unpaired) electrons. The maximum Gasteiger partial charge on any atom is 0.372 e. The largest absolute Gasteiger partial charge is 0.489 e. The lowest BCUT2D eigenvalue weighted by molar-refractivity contribution is 0.0658. The highest BCUT2D eigenvalue weighted by Crippen LogP contribution is 2.26. The number of carbonyl (C=O) groups is 1. The minimum Gasteiger partial charge on any atom is -0.489 e. The standard InChI is InChI=1S/C14H13ClO4/c1-8-5-11(6-9(2)12(8)15)19-7-10-3-4-18-13(10)14(16)17/h3-6H,7H2,1-2H3,(H,16,17). The molecule has 0 unspecified atom stereocenters. The lowest BCUT2D eigenvalue weighted by atomic mass is 10.1. The molecule has 0 bridgehead atoms. The first-order chi connectivity index (χ1) is 8.99. The van der Waals surface area contributed by atoms with E-state index in [1.54, 1.807) is 6.07 Å². The summed E-state index contributed by atoms with van der Waals surface area (Å²) in [7, 11) is 0. The molecule has 0 aliphatic carbocycles. The fraction of sp³-hybridized carbons (Fsp3) is 0.214. The first-order valence-corrected chi connectivity index (χ1v) is 6.06. The molecule has 5 heteroatoms. The molecule has 0 amide bonds. The van der Waals surface area contributed by atoms with E-state index in [4.69, 9.17) is 25.9 Å². The summed E-state index contributed by atoms with van der Waals surface area (Å²) in [5, 5.41) is 9.62. The van der Waals surface area contributed by atoms with Crippen LogP contribution < -0.4 is 4.74 Å². The molecule has 0 aliphatic rings. The molecule has 0 saturated heterocycles. The van der Waals surface area contributed by atoms with Gasteiger partial charge in [-0.2, -0.15) is 0 Å². The van der Waals surface area contributed by atoms with E-state index in [9.17, 15) is 4.79 Å². The Labute approximate surface area is 115 Å². The van der Waals surface area contributed by atoms with E-state index in [0.717, 1.165) is 11.1 Å². The Hall–Kier alpha value is -1.94. The van der Waals surface area contributed by atoms with Gasteiger partial charge < -0.3 is 14.3 Å². The van der Waals surface area contributed by atoms with Gasteiger partial charge >= 0.3 is 5.97 Å². The van der Waals surface area contributed by atoms with Crippen LogP contribution in [0, 0.1) is 13.8 Å². The van der Waals surface area contributed by atoms with Gasteiger partial charge in [-0.3, -0.25) is 0 Å². The quantitative estimate of drug-likeness (QED) is 0.925. The molecular formula is C14H13ClO4. The molecule has 4 nitrogen and oxygen atoms in total. The number of aromatic carboxylic acids is 1. The highest BCUT2D eigenvalue weighted by atomic mass is 35.5. The Balaban J connectivity index is 2.15. The molecule has 0 aliphatic heterocycles. The second kappa shape index (κ2) is 5.36. The fourth-order valence-electron chi connectivity index (χ4n) is 1.79. The molecule has 2 rings (SSSR count). The molecule has 1 heterocycles. The first kappa shape index (κ1) is 13.5. The Kier molecular flexibility index (Phi) is 3.81. The van der Waals surface area contributed by atoms with Crippen LogP contribution in [0.5, 0.6) is 5.75 Å². The summed E-state index contributed by atoms with van der Waals surface area (Å²) in [4.78, 5) is 10.9. The Morgan fingerprint density at radius 1 is 1.37 bits per heavy atom. The highest BCUT2D eigenvalue weighted by Gasteiger charge is 2.14. The topological polar surface area (TPSA) is 59.7 Å². The molecule has 100 valence electrons. The van der Waals surface area contributed by atoms with Crippen LogP contribution in [0.15, 0.2) is 28.9 Å². The van der Waals surface area contributed by atoms with Crippen molar-refractivity contribution in [2.45, 2.75) is 20.5 Å². The van der Waals surface area contributed by atoms with E-state index >= 15 is 0 Å². The van der Waals surface area contributed by atoms with Gasteiger partial charge in [0, 0.05) is 10.6 Å². The lowest BCUT2D eigenvalue weighted by Gasteiger charge is -2.09. The number of hydrogen-bond donors (Lipinski definition) is 1. The SMILES string of the molecule is Cc1cc(OCc2ccoc2C(=O)O)cc(C)c1Cl. The minimum absolute atomic E-state index is 0.0950. The van der Waals surface area contributed by atoms with Crippen LogP contribution in [-0.2, 0) is 6.61 Å². The van der Waals surface area contributed by atoms with E-state index in [-0.39, 0.29) is 12.4 Å². The van der Waals surface area contributed by atoms with E-state index in [1.165, 1.54) is 6.26 Å². The summed E-state index contributed by atoms with van der Waals surface area (Å²) in [5.41, 5.74) is 2.34. The molecule has 1 N–H and O–H groups in total. The predicted octanol–water partition coefficient (Wildman–Crippen LogP) is 3.83. The Bertz CT molecular complexity index is 593. The number of ether oxygens (including phenoxy) is 1. The smallest absolute Gasteiger partial charge is 0.372 e. The zero-order valence-electron chi connectivity index (χ0n) is 10.6. The van der Waals surface area contributed by atoms with Gasteiger partial charge in [-0.25, -0.2) is 4.79 Å². The molecule has 0 saturated carbocycles. The van der Waals surface area contributed by atoms with Crippen LogP contribution in [0.2, 0.25) is 5.02 Å². The van der Waals surface area contributed by atoms with E-state index < -0.39 is 5.97 Å². The number of halogens is 1. The van der Waals surface area contributed by atoms with Crippen molar-refractivity contribution in [3.63, 3.8) is 0 Å². The first-order valence-electron chi connectivity index (χ1n) is 5.68. The normalized spacial score (nSPS) is 10.5. The average molecular weight is 281 g/mol. The van der Waals surface area contributed by atoms with Crippen LogP contribution in [0.25, 0.3) is 0 Å². The number of carboxylic acid groups (broad SMARTS) is 1. The van der Waals surface area contributed by atoms with Crippen LogP contribution in [-0.4, -0.2) is 11.1 Å². The van der Waals surface area contributed by atoms with E-state index in [2.05, 4.69) is 0 Å². The molecule has 19 heavy (non-hydrogen) atoms. The molecule has 0 atom stereocenters. The van der Waals surface area contributed by atoms with Crippen molar-refractivity contribution in [2.75, 3.05) is 0 Å². The molecule has 1 aromatic heterocycles. The summed E-state index contributed by atoms with van der Waals surface area (Å²) < 4.78 is 10.5. The zero-order valence-corrected chi connectivity index (χ0v) is 11.3. The molecule has 0 fully saturated rings. The summed E-state index contributed by atoms with van der Waals surface area (Å²) in [6.07, 6.45) is 1.33. The number of rotatable bonds is 4. The third-order valence-corrected chi connectivity index (χ3v) is 3.34. The van der Waals surface area contributed by atoms with Crippen LogP contribution >= 0.6 is 11.6 Å². The van der Waals surface area contributed by atoms with Crippen molar-refractivity contribution >= 4 is 17.6 Å². The Morgan fingerprint density at radius 3 is 2.58 bits per heavy atom. The number of hydrogen-bond acceptors (Lipinski definition) is 3. The van der Waals surface area contributed by atoms with Crippen LogP contribution in [0.3, 0.4) is 0 Å². The average Bonchev–Trinajstić information content (AvgIpc) is 2.81. The summed E-state index contributed by atoms with van der Waals surface area (Å²) in [6, 6.07) is 5.21. The maximum atomic E-state index is 10.9. The summed E-state index contributed by atoms with van der Waals surface area (Å²) >= 11 is 6.07. The van der Waals surface area contributed by atoms with Crippen molar-refractivity contribution in [1.82, 2.24) is 0 Å². The lowest BCUT2D eigenvalue weighted by Crippen LogP contribution is -2.02. The third-order valence-electron chi connectivity index (χ3n) is 2.75. The fourth-order valence-corrected chi connectivity index (χ4v) is 1.90. The van der Waals surface area contributed by atoms with Crippen molar-refractivity contribution in [1.29, 1.82) is 0 Å². The van der Waals surface area contributed by atoms with E-state index in [0.29, 0.717) is 16.3 Å². The van der Waals surface area contributed by atoms with Gasteiger partial charge in [-0.15, -0.1) is 0 Å². The maximum absolute atomic E-state index is 10.9. The monoisotopic (exact) mass is 280 g/mol. The van der Waals surface area contributed by atoms with Crippen LogP contribution in [0.1, 0.15) is 27.2 Å². The number of furan rings is 1. The van der Waals surface area contributed by atoms with Gasteiger partial charge in [0.15, 0.2) is 0 Å².